The highest BCUT2D eigenvalue weighted by molar-refractivity contribution is 7.13. The maximum absolute atomic E-state index is 12.3. The summed E-state index contributed by atoms with van der Waals surface area (Å²) in [7, 11) is 0. The molecular formula is C17H13N5OS2. The molecule has 4 aromatic rings. The topological polar surface area (TPSA) is 72.7 Å². The number of aromatic nitrogens is 4. The number of carbonyl (C=O) groups is 1. The molecule has 0 aliphatic carbocycles. The van der Waals surface area contributed by atoms with E-state index in [0.29, 0.717) is 17.9 Å². The minimum absolute atomic E-state index is 0.219. The first-order valence-electron chi connectivity index (χ1n) is 7.52. The Labute approximate surface area is 151 Å². The summed E-state index contributed by atoms with van der Waals surface area (Å²) < 4.78 is 1.69. The Morgan fingerprint density at radius 2 is 2.04 bits per heavy atom. The van der Waals surface area contributed by atoms with Crippen LogP contribution in [0, 0.1) is 0 Å². The van der Waals surface area contributed by atoms with Crippen molar-refractivity contribution >= 4 is 28.6 Å². The quantitative estimate of drug-likeness (QED) is 0.587. The highest BCUT2D eigenvalue weighted by atomic mass is 32.1. The van der Waals surface area contributed by atoms with Crippen LogP contribution in [0.4, 0.5) is 0 Å². The lowest BCUT2D eigenvalue weighted by atomic mass is 10.2. The lowest BCUT2D eigenvalue weighted by molar-refractivity contribution is 0.0946. The van der Waals surface area contributed by atoms with E-state index in [1.807, 2.05) is 47.2 Å². The average Bonchev–Trinajstić information content (AvgIpc) is 3.41. The van der Waals surface area contributed by atoms with Gasteiger partial charge in [0.15, 0.2) is 0 Å². The maximum Gasteiger partial charge on any atom is 0.271 e. The van der Waals surface area contributed by atoms with Gasteiger partial charge in [0.1, 0.15) is 16.4 Å². The van der Waals surface area contributed by atoms with Crippen molar-refractivity contribution in [3.63, 3.8) is 0 Å². The lowest BCUT2D eigenvalue weighted by Crippen LogP contribution is -2.23. The summed E-state index contributed by atoms with van der Waals surface area (Å²) in [6, 6.07) is 11.8. The average molecular weight is 367 g/mol. The fourth-order valence-corrected chi connectivity index (χ4v) is 3.67. The zero-order valence-corrected chi connectivity index (χ0v) is 14.6. The molecule has 124 valence electrons. The largest absolute Gasteiger partial charge is 0.345 e. The van der Waals surface area contributed by atoms with Gasteiger partial charge in [-0.15, -0.1) is 16.4 Å². The first kappa shape index (κ1) is 15.7. The van der Waals surface area contributed by atoms with Crippen molar-refractivity contribution in [2.24, 2.45) is 0 Å². The molecule has 0 fully saturated rings. The maximum atomic E-state index is 12.3. The van der Waals surface area contributed by atoms with Gasteiger partial charge in [0.25, 0.3) is 5.91 Å². The standard InChI is InChI=1S/C17H13N5OS2/c23-16(15-11-25-17(19-15)12-4-2-1-3-5-12)18-8-13-9-22(21-20-13)14-6-7-24-10-14/h1-7,9-11H,8H2,(H,18,23). The molecule has 1 N–H and O–H groups in total. The van der Waals surface area contributed by atoms with E-state index in [9.17, 15) is 4.79 Å². The number of benzene rings is 1. The van der Waals surface area contributed by atoms with Crippen molar-refractivity contribution < 1.29 is 4.79 Å². The van der Waals surface area contributed by atoms with Crippen LogP contribution in [0.2, 0.25) is 0 Å². The molecule has 3 heterocycles. The van der Waals surface area contributed by atoms with Gasteiger partial charge < -0.3 is 5.32 Å². The summed E-state index contributed by atoms with van der Waals surface area (Å²) in [6.07, 6.45) is 1.80. The third-order valence-corrected chi connectivity index (χ3v) is 5.06. The second kappa shape index (κ2) is 6.96. The van der Waals surface area contributed by atoms with Gasteiger partial charge in [0.2, 0.25) is 0 Å². The normalized spacial score (nSPS) is 10.7. The van der Waals surface area contributed by atoms with E-state index >= 15 is 0 Å². The number of rotatable bonds is 5. The molecule has 0 radical (unpaired) electrons. The highest BCUT2D eigenvalue weighted by Crippen LogP contribution is 2.23. The Morgan fingerprint density at radius 3 is 2.84 bits per heavy atom. The molecule has 0 aliphatic heterocycles. The number of hydrogen-bond acceptors (Lipinski definition) is 6. The van der Waals surface area contributed by atoms with Crippen LogP contribution in [0.15, 0.2) is 58.7 Å². The van der Waals surface area contributed by atoms with Crippen LogP contribution in [-0.2, 0) is 6.54 Å². The van der Waals surface area contributed by atoms with Crippen LogP contribution in [0.25, 0.3) is 16.3 Å². The summed E-state index contributed by atoms with van der Waals surface area (Å²) in [5.74, 6) is -0.219. The predicted octanol–water partition coefficient (Wildman–Crippen LogP) is 3.38. The molecular weight excluding hydrogens is 354 g/mol. The van der Waals surface area contributed by atoms with Crippen molar-refractivity contribution in [2.45, 2.75) is 6.54 Å². The Bertz CT molecular complexity index is 976. The number of thiophene rings is 1. The van der Waals surface area contributed by atoms with Crippen molar-refractivity contribution in [3.05, 3.63) is 70.1 Å². The van der Waals surface area contributed by atoms with Gasteiger partial charge in [0.05, 0.1) is 18.4 Å². The number of nitrogens with one attached hydrogen (secondary N) is 1. The van der Waals surface area contributed by atoms with Crippen LogP contribution >= 0.6 is 22.7 Å². The Hall–Kier alpha value is -2.84. The van der Waals surface area contributed by atoms with Crippen LogP contribution in [0.3, 0.4) is 0 Å². The van der Waals surface area contributed by atoms with Gasteiger partial charge in [-0.25, -0.2) is 9.67 Å². The summed E-state index contributed by atoms with van der Waals surface area (Å²) in [6.45, 7) is 0.307. The van der Waals surface area contributed by atoms with E-state index in [4.69, 9.17) is 0 Å². The Morgan fingerprint density at radius 1 is 1.16 bits per heavy atom. The van der Waals surface area contributed by atoms with E-state index in [1.54, 1.807) is 27.6 Å². The second-order valence-electron chi connectivity index (χ2n) is 5.22. The SMILES string of the molecule is O=C(NCc1cn(-c2ccsc2)nn1)c1csc(-c2ccccc2)n1. The summed E-state index contributed by atoms with van der Waals surface area (Å²) >= 11 is 3.05. The van der Waals surface area contributed by atoms with Gasteiger partial charge in [-0.05, 0) is 11.4 Å². The van der Waals surface area contributed by atoms with Gasteiger partial charge in [-0.2, -0.15) is 11.3 Å². The monoisotopic (exact) mass is 367 g/mol. The number of hydrogen-bond donors (Lipinski definition) is 1. The van der Waals surface area contributed by atoms with E-state index in [-0.39, 0.29) is 5.91 Å². The van der Waals surface area contributed by atoms with Crippen molar-refractivity contribution in [2.75, 3.05) is 0 Å². The molecule has 25 heavy (non-hydrogen) atoms. The molecule has 0 unspecified atom stereocenters. The Kier molecular flexibility index (Phi) is 4.36. The fourth-order valence-electron chi connectivity index (χ4n) is 2.25. The number of carbonyl (C=O) groups excluding carboxylic acids is 1. The summed E-state index contributed by atoms with van der Waals surface area (Å²) in [5.41, 5.74) is 3.07. The zero-order chi connectivity index (χ0) is 17.1. The van der Waals surface area contributed by atoms with E-state index in [2.05, 4.69) is 20.6 Å². The van der Waals surface area contributed by atoms with Crippen LogP contribution < -0.4 is 5.32 Å². The fraction of sp³-hybridized carbons (Fsp3) is 0.0588. The Balaban J connectivity index is 1.40. The second-order valence-corrected chi connectivity index (χ2v) is 6.86. The minimum atomic E-state index is -0.219. The number of amides is 1. The lowest BCUT2D eigenvalue weighted by Gasteiger charge is -1.99. The molecule has 0 aliphatic rings. The molecule has 8 heteroatoms. The minimum Gasteiger partial charge on any atom is -0.345 e. The predicted molar refractivity (Wildman–Crippen MR) is 98.0 cm³/mol. The molecule has 0 saturated carbocycles. The van der Waals surface area contributed by atoms with Gasteiger partial charge in [0, 0.05) is 16.3 Å². The summed E-state index contributed by atoms with van der Waals surface area (Å²) in [5, 5.41) is 17.5. The van der Waals surface area contributed by atoms with E-state index in [0.717, 1.165) is 16.3 Å². The van der Waals surface area contributed by atoms with Crippen molar-refractivity contribution in [1.82, 2.24) is 25.3 Å². The molecule has 0 spiro atoms. The van der Waals surface area contributed by atoms with Crippen molar-refractivity contribution in [1.29, 1.82) is 0 Å². The van der Waals surface area contributed by atoms with Crippen molar-refractivity contribution in [3.8, 4) is 16.3 Å². The molecule has 6 nitrogen and oxygen atoms in total. The molecule has 4 rings (SSSR count). The van der Waals surface area contributed by atoms with E-state index < -0.39 is 0 Å². The first-order chi connectivity index (χ1) is 12.3. The molecule has 3 aromatic heterocycles. The molecule has 0 bridgehead atoms. The number of nitrogens with zero attached hydrogens (tertiary/aromatic N) is 4. The molecule has 0 atom stereocenters. The highest BCUT2D eigenvalue weighted by Gasteiger charge is 2.12. The van der Waals surface area contributed by atoms with Crippen LogP contribution in [0.1, 0.15) is 16.2 Å². The van der Waals surface area contributed by atoms with Gasteiger partial charge in [-0.1, -0.05) is 35.5 Å². The summed E-state index contributed by atoms with van der Waals surface area (Å²) in [4.78, 5) is 16.7. The third kappa shape index (κ3) is 3.49. The zero-order valence-electron chi connectivity index (χ0n) is 13.0. The molecule has 1 amide bonds. The molecule has 1 aromatic carbocycles. The number of thiazole rings is 1. The van der Waals surface area contributed by atoms with Gasteiger partial charge >= 0.3 is 0 Å². The smallest absolute Gasteiger partial charge is 0.271 e. The van der Waals surface area contributed by atoms with E-state index in [1.165, 1.54) is 11.3 Å². The molecule has 0 saturated heterocycles. The first-order valence-corrected chi connectivity index (χ1v) is 9.35. The van der Waals surface area contributed by atoms with Crippen LogP contribution in [-0.4, -0.2) is 25.9 Å². The third-order valence-electron chi connectivity index (χ3n) is 3.50. The van der Waals surface area contributed by atoms with Gasteiger partial charge in [-0.3, -0.25) is 4.79 Å². The van der Waals surface area contributed by atoms with Crippen LogP contribution in [0.5, 0.6) is 0 Å².